The number of amides is 2. The molecule has 10 nitrogen and oxygen atoms in total. The van der Waals surface area contributed by atoms with Crippen molar-refractivity contribution in [1.82, 2.24) is 20.4 Å². The van der Waals surface area contributed by atoms with Crippen molar-refractivity contribution in [3.05, 3.63) is 12.2 Å². The molecule has 2 heterocycles. The van der Waals surface area contributed by atoms with Gasteiger partial charge in [-0.15, -0.1) is 0 Å². The topological polar surface area (TPSA) is 117 Å². The lowest BCUT2D eigenvalue weighted by Gasteiger charge is -2.35. The Morgan fingerprint density at radius 2 is 1.66 bits per heavy atom. The first-order chi connectivity index (χ1) is 16.4. The first-order valence-electron chi connectivity index (χ1n) is 12.4. The monoisotopic (exact) mass is 494 g/mol. The van der Waals surface area contributed by atoms with E-state index < -0.39 is 23.3 Å². The summed E-state index contributed by atoms with van der Waals surface area (Å²) >= 11 is 0. The van der Waals surface area contributed by atoms with Gasteiger partial charge in [0.25, 0.3) is 0 Å². The summed E-state index contributed by atoms with van der Waals surface area (Å²) in [5.41, 5.74) is -1.85. The largest absolute Gasteiger partial charge is 0.445 e. The fourth-order valence-corrected chi connectivity index (χ4v) is 4.66. The second-order valence-corrected chi connectivity index (χ2v) is 10.3. The highest BCUT2D eigenvalue weighted by atomic mass is 16.6. The molecule has 0 aromatic carbocycles. The van der Waals surface area contributed by atoms with Crippen molar-refractivity contribution in [3.63, 3.8) is 0 Å². The van der Waals surface area contributed by atoms with Gasteiger partial charge in [-0.1, -0.05) is 13.8 Å². The van der Waals surface area contributed by atoms with Crippen LogP contribution >= 0.6 is 0 Å². The molecular weight excluding hydrogens is 452 g/mol. The lowest BCUT2D eigenvalue weighted by atomic mass is 9.84. The van der Waals surface area contributed by atoms with E-state index >= 15 is 0 Å². The minimum atomic E-state index is -0.999. The molecule has 0 saturated carbocycles. The van der Waals surface area contributed by atoms with Crippen molar-refractivity contribution >= 4 is 23.8 Å². The molecule has 35 heavy (non-hydrogen) atoms. The summed E-state index contributed by atoms with van der Waals surface area (Å²) in [6.45, 7) is 10.5. The summed E-state index contributed by atoms with van der Waals surface area (Å²) in [6, 6.07) is 0.0584. The van der Waals surface area contributed by atoms with Gasteiger partial charge in [0.2, 0.25) is 0 Å². The number of cyclic esters (lactones) is 2. The molecule has 2 aliphatic heterocycles. The van der Waals surface area contributed by atoms with Gasteiger partial charge in [-0.25, -0.2) is 9.59 Å². The van der Waals surface area contributed by atoms with Gasteiger partial charge in [0.1, 0.15) is 13.2 Å². The van der Waals surface area contributed by atoms with E-state index in [1.54, 1.807) is 19.2 Å². The Kier molecular flexibility index (Phi) is 10.3. The minimum absolute atomic E-state index is 0.0157. The summed E-state index contributed by atoms with van der Waals surface area (Å²) in [7, 11) is 1.65. The maximum Gasteiger partial charge on any atom is 0.410 e. The second kappa shape index (κ2) is 12.5. The zero-order valence-corrected chi connectivity index (χ0v) is 22.0. The molecule has 0 unspecified atom stereocenters. The molecule has 10 heteroatoms. The Hall–Kier alpha value is -2.46. The Balaban J connectivity index is 2.29. The lowest BCUT2D eigenvalue weighted by molar-refractivity contribution is -0.129. The van der Waals surface area contributed by atoms with Crippen molar-refractivity contribution in [1.29, 1.82) is 0 Å². The molecule has 2 amide bonds. The van der Waals surface area contributed by atoms with Crippen molar-refractivity contribution in [3.8, 4) is 0 Å². The van der Waals surface area contributed by atoms with Crippen LogP contribution in [-0.2, 0) is 19.1 Å². The van der Waals surface area contributed by atoms with Crippen LogP contribution in [0.4, 0.5) is 9.59 Å². The number of nitrogens with one attached hydrogen (secondary N) is 2. The molecule has 1 saturated heterocycles. The number of Topliss-reactive ketones (excluding diaryl/α,β-unsaturated/α-hetero) is 2. The van der Waals surface area contributed by atoms with Crippen LogP contribution in [0.5, 0.6) is 0 Å². The highest BCUT2D eigenvalue weighted by Gasteiger charge is 2.47. The number of nitrogens with zero attached hydrogens (tertiary/aromatic N) is 2. The van der Waals surface area contributed by atoms with Crippen molar-refractivity contribution < 1.29 is 28.7 Å². The zero-order chi connectivity index (χ0) is 26.2. The van der Waals surface area contributed by atoms with Crippen LogP contribution in [0, 0.1) is 5.92 Å². The molecule has 198 valence electrons. The number of carbonyl (C=O) groups is 4. The van der Waals surface area contributed by atoms with Gasteiger partial charge in [-0.2, -0.15) is 0 Å². The Labute approximate surface area is 208 Å². The summed E-state index contributed by atoms with van der Waals surface area (Å²) in [5.74, 6) is -0.357. The van der Waals surface area contributed by atoms with Gasteiger partial charge in [0, 0.05) is 38.6 Å². The van der Waals surface area contributed by atoms with E-state index in [9.17, 15) is 19.2 Å². The number of hydrogen-bond acceptors (Lipinski definition) is 8. The van der Waals surface area contributed by atoms with E-state index in [0.29, 0.717) is 32.4 Å². The van der Waals surface area contributed by atoms with Crippen LogP contribution in [0.15, 0.2) is 12.2 Å². The molecule has 1 fully saturated rings. The smallest absolute Gasteiger partial charge is 0.410 e. The fraction of sp³-hybridized carbons (Fsp3) is 0.760. The van der Waals surface area contributed by atoms with Gasteiger partial charge >= 0.3 is 12.2 Å². The molecule has 0 radical (unpaired) electrons. The maximum atomic E-state index is 13.5. The first-order valence-corrected chi connectivity index (χ1v) is 12.4. The number of fused-ring (bicyclic) bond motifs is 2. The number of hydrogen-bond donors (Lipinski definition) is 2. The van der Waals surface area contributed by atoms with Crippen LogP contribution in [-0.4, -0.2) is 97.1 Å². The average Bonchev–Trinajstić information content (AvgIpc) is 3.23. The van der Waals surface area contributed by atoms with Crippen LogP contribution in [0.25, 0.3) is 0 Å². The van der Waals surface area contributed by atoms with Crippen molar-refractivity contribution in [2.45, 2.75) is 71.0 Å². The Morgan fingerprint density at radius 3 is 2.26 bits per heavy atom. The third kappa shape index (κ3) is 7.76. The molecule has 2 bridgehead atoms. The van der Waals surface area contributed by atoms with Crippen LogP contribution in [0.3, 0.4) is 0 Å². The van der Waals surface area contributed by atoms with Crippen LogP contribution in [0.1, 0.15) is 53.9 Å². The molecule has 2 aliphatic rings. The molecule has 0 spiro atoms. The highest BCUT2D eigenvalue weighted by Crippen LogP contribution is 2.27. The second-order valence-electron chi connectivity index (χ2n) is 10.3. The number of ether oxygens (including phenoxy) is 2. The summed E-state index contributed by atoms with van der Waals surface area (Å²) in [4.78, 5) is 54.5. The third-order valence-corrected chi connectivity index (χ3v) is 6.59. The predicted molar refractivity (Wildman–Crippen MR) is 132 cm³/mol. The predicted octanol–water partition coefficient (Wildman–Crippen LogP) is 2.13. The third-order valence-electron chi connectivity index (χ3n) is 6.59. The minimum Gasteiger partial charge on any atom is -0.445 e. The van der Waals surface area contributed by atoms with E-state index in [4.69, 9.17) is 9.47 Å². The molecule has 0 aromatic rings. The highest BCUT2D eigenvalue weighted by molar-refractivity contribution is 5.94. The quantitative estimate of drug-likeness (QED) is 0.571. The molecule has 0 aliphatic carbocycles. The molecule has 2 atom stereocenters. The molecular formula is C25H42N4O6. The van der Waals surface area contributed by atoms with Crippen molar-refractivity contribution in [2.75, 3.05) is 46.4 Å². The summed E-state index contributed by atoms with van der Waals surface area (Å²) in [5, 5.41) is 6.62. The van der Waals surface area contributed by atoms with Gasteiger partial charge < -0.3 is 24.6 Å². The average molecular weight is 495 g/mol. The summed E-state index contributed by atoms with van der Waals surface area (Å²) in [6.07, 6.45) is 3.76. The van der Waals surface area contributed by atoms with Crippen LogP contribution < -0.4 is 10.6 Å². The maximum absolute atomic E-state index is 13.5. The van der Waals surface area contributed by atoms with Gasteiger partial charge in [0.15, 0.2) is 11.6 Å². The number of rotatable bonds is 4. The van der Waals surface area contributed by atoms with Crippen LogP contribution in [0.2, 0.25) is 0 Å². The van der Waals surface area contributed by atoms with E-state index in [-0.39, 0.29) is 49.8 Å². The molecule has 2 N–H and O–H groups in total. The van der Waals surface area contributed by atoms with E-state index in [1.165, 1.54) is 9.80 Å². The number of carbonyl (C=O) groups excluding carboxylic acids is 4. The normalized spacial score (nSPS) is 27.9. The zero-order valence-electron chi connectivity index (χ0n) is 22.0. The lowest BCUT2D eigenvalue weighted by Crippen LogP contribution is -2.61. The molecule has 2 rings (SSSR count). The summed E-state index contributed by atoms with van der Waals surface area (Å²) < 4.78 is 10.5. The van der Waals surface area contributed by atoms with E-state index in [1.807, 2.05) is 34.6 Å². The standard InChI is InChI=1S/C25H42N4O6/c1-18(2)21(31)25-11-13-29(17-25)23(33)35-15-8-7-14-34-22(32)28(6)12-9-10-24(5,27-19(3)4)20(30)16-26-25/h7-8,18-19,26-27H,9-17H2,1-6H3/t24-,25-/m1/s1. The Morgan fingerprint density at radius 1 is 1.03 bits per heavy atom. The molecule has 0 aromatic heterocycles. The Bertz CT molecular complexity index is 814. The van der Waals surface area contributed by atoms with Gasteiger partial charge in [0.05, 0.1) is 17.6 Å². The number of ketones is 2. The van der Waals surface area contributed by atoms with E-state index in [0.717, 1.165) is 0 Å². The first kappa shape index (κ1) is 28.8. The SMILES string of the molecule is CC(C)N[C@]1(C)CCCN(C)C(=O)OCC=CCOC(=O)N2CC[C@](C(=O)C(C)C)(C2)NCC1=O. The van der Waals surface area contributed by atoms with Crippen molar-refractivity contribution in [2.24, 2.45) is 5.92 Å². The van der Waals surface area contributed by atoms with Gasteiger partial charge in [-0.05, 0) is 52.2 Å². The fourth-order valence-electron chi connectivity index (χ4n) is 4.66. The van der Waals surface area contributed by atoms with E-state index in [2.05, 4.69) is 10.6 Å². The van der Waals surface area contributed by atoms with Gasteiger partial charge in [-0.3, -0.25) is 14.9 Å².